The number of nitrogens with zero attached hydrogens (tertiary/aromatic N) is 3. The summed E-state index contributed by atoms with van der Waals surface area (Å²) in [5, 5.41) is 19.1. The van der Waals surface area contributed by atoms with Crippen LogP contribution >= 0.6 is 0 Å². The lowest BCUT2D eigenvalue weighted by Crippen LogP contribution is -2.21. The first-order chi connectivity index (χ1) is 8.24. The Kier molecular flexibility index (Phi) is 5.75. The first-order valence-electron chi connectivity index (χ1n) is 5.51. The Morgan fingerprint density at radius 2 is 2.35 bits per heavy atom. The highest BCUT2D eigenvalue weighted by molar-refractivity contribution is 5.84. The van der Waals surface area contributed by atoms with Gasteiger partial charge in [0.2, 0.25) is 0 Å². The van der Waals surface area contributed by atoms with Crippen molar-refractivity contribution in [2.75, 3.05) is 13.1 Å². The van der Waals surface area contributed by atoms with Crippen LogP contribution < -0.4 is 5.32 Å². The second-order valence-electron chi connectivity index (χ2n) is 3.58. The van der Waals surface area contributed by atoms with E-state index in [0.29, 0.717) is 6.54 Å². The number of carbonyl (C=O) groups is 1. The maximum Gasteiger partial charge on any atom is 0.358 e. The highest BCUT2D eigenvalue weighted by atomic mass is 16.4. The molecule has 0 amide bonds. The molecule has 92 valence electrons. The molecule has 0 fully saturated rings. The molecule has 0 radical (unpaired) electrons. The van der Waals surface area contributed by atoms with Crippen molar-refractivity contribution in [2.24, 2.45) is 0 Å². The molecule has 0 unspecified atom stereocenters. The van der Waals surface area contributed by atoms with E-state index in [0.717, 1.165) is 32.4 Å². The van der Waals surface area contributed by atoms with E-state index in [1.54, 1.807) is 0 Å². The molecule has 2 N–H and O–H groups in total. The molecule has 0 aromatic carbocycles. The van der Waals surface area contributed by atoms with Crippen LogP contribution in [0.3, 0.4) is 0 Å². The molecule has 6 nitrogen and oxygen atoms in total. The first kappa shape index (κ1) is 13.2. The summed E-state index contributed by atoms with van der Waals surface area (Å²) < 4.78 is 1.51. The number of aromatic carboxylic acids is 1. The quantitative estimate of drug-likeness (QED) is 0.503. The summed E-state index contributed by atoms with van der Waals surface area (Å²) in [5.74, 6) is 1.54. The third kappa shape index (κ3) is 5.13. The van der Waals surface area contributed by atoms with Crippen molar-refractivity contribution >= 4 is 5.97 Å². The molecule has 0 spiro atoms. The number of hydrogen-bond acceptors (Lipinski definition) is 4. The van der Waals surface area contributed by atoms with Crippen LogP contribution in [-0.2, 0) is 6.54 Å². The molecule has 1 aromatic heterocycles. The molecule has 1 rings (SSSR count). The predicted molar refractivity (Wildman–Crippen MR) is 62.5 cm³/mol. The minimum atomic E-state index is -1.06. The lowest BCUT2D eigenvalue weighted by atomic mass is 10.2. The monoisotopic (exact) mass is 236 g/mol. The summed E-state index contributed by atoms with van der Waals surface area (Å²) in [4.78, 5) is 10.5. The fourth-order valence-electron chi connectivity index (χ4n) is 1.30. The molecule has 0 saturated heterocycles. The standard InChI is InChI=1S/C11H16N4O2/c1-2-3-4-5-6-12-7-8-15-9-10(11(16)17)13-14-15/h1,9,12H,3-8H2,(H,16,17). The van der Waals surface area contributed by atoms with Crippen molar-refractivity contribution in [2.45, 2.75) is 25.8 Å². The Balaban J connectivity index is 2.10. The molecule has 1 heterocycles. The van der Waals surface area contributed by atoms with Gasteiger partial charge in [0.1, 0.15) is 0 Å². The Hall–Kier alpha value is -1.87. The summed E-state index contributed by atoms with van der Waals surface area (Å²) in [6.45, 7) is 2.25. The maximum absolute atomic E-state index is 10.5. The molecule has 0 atom stereocenters. The molecule has 17 heavy (non-hydrogen) atoms. The zero-order chi connectivity index (χ0) is 12.5. The van der Waals surface area contributed by atoms with Crippen molar-refractivity contribution in [3.8, 4) is 12.3 Å². The minimum Gasteiger partial charge on any atom is -0.476 e. The number of carboxylic acids is 1. The summed E-state index contributed by atoms with van der Waals surface area (Å²) >= 11 is 0. The number of nitrogens with one attached hydrogen (secondary N) is 1. The molecule has 0 aliphatic rings. The molecule has 0 saturated carbocycles. The number of terminal acetylenes is 1. The van der Waals surface area contributed by atoms with E-state index >= 15 is 0 Å². The predicted octanol–water partition coefficient (Wildman–Crippen LogP) is 0.369. The fraction of sp³-hybridized carbons (Fsp3) is 0.545. The summed E-state index contributed by atoms with van der Waals surface area (Å²) in [6, 6.07) is 0. The van der Waals surface area contributed by atoms with Crippen LogP contribution in [0.5, 0.6) is 0 Å². The smallest absolute Gasteiger partial charge is 0.358 e. The molecule has 0 bridgehead atoms. The summed E-state index contributed by atoms with van der Waals surface area (Å²) in [7, 11) is 0. The van der Waals surface area contributed by atoms with Gasteiger partial charge in [-0.1, -0.05) is 5.21 Å². The fourth-order valence-corrected chi connectivity index (χ4v) is 1.30. The van der Waals surface area contributed by atoms with Crippen LogP contribution in [-0.4, -0.2) is 39.2 Å². The normalized spacial score (nSPS) is 10.1. The highest BCUT2D eigenvalue weighted by Crippen LogP contribution is 1.93. The molecular formula is C11H16N4O2. The number of unbranched alkanes of at least 4 members (excludes halogenated alkanes) is 2. The molecule has 0 aliphatic carbocycles. The Bertz CT molecular complexity index is 394. The SMILES string of the molecule is C#CCCCCNCCn1cc(C(=O)O)nn1. The number of carboxylic acid groups (broad SMARTS) is 1. The van der Waals surface area contributed by atoms with Crippen molar-refractivity contribution in [3.05, 3.63) is 11.9 Å². The van der Waals surface area contributed by atoms with Gasteiger partial charge in [0.15, 0.2) is 5.69 Å². The second kappa shape index (κ2) is 7.41. The van der Waals surface area contributed by atoms with E-state index in [2.05, 4.69) is 21.5 Å². The van der Waals surface area contributed by atoms with E-state index in [4.69, 9.17) is 11.5 Å². The lowest BCUT2D eigenvalue weighted by molar-refractivity contribution is 0.0690. The molecular weight excluding hydrogens is 220 g/mol. The van der Waals surface area contributed by atoms with Gasteiger partial charge in [-0.15, -0.1) is 17.4 Å². The van der Waals surface area contributed by atoms with Gasteiger partial charge >= 0.3 is 5.97 Å². The minimum absolute atomic E-state index is 0.0287. The third-order valence-electron chi connectivity index (χ3n) is 2.20. The third-order valence-corrected chi connectivity index (χ3v) is 2.20. The molecule has 1 aromatic rings. The van der Waals surface area contributed by atoms with Gasteiger partial charge in [-0.05, 0) is 19.4 Å². The number of rotatable bonds is 8. The van der Waals surface area contributed by atoms with Crippen LogP contribution in [0.25, 0.3) is 0 Å². The van der Waals surface area contributed by atoms with E-state index < -0.39 is 5.97 Å². The molecule has 0 aliphatic heterocycles. The van der Waals surface area contributed by atoms with Gasteiger partial charge < -0.3 is 10.4 Å². The number of hydrogen-bond donors (Lipinski definition) is 2. The van der Waals surface area contributed by atoms with Crippen molar-refractivity contribution < 1.29 is 9.90 Å². The van der Waals surface area contributed by atoms with Gasteiger partial charge in [0.25, 0.3) is 0 Å². The van der Waals surface area contributed by atoms with Crippen LogP contribution in [0.2, 0.25) is 0 Å². The van der Waals surface area contributed by atoms with E-state index in [1.807, 2.05) is 0 Å². The largest absolute Gasteiger partial charge is 0.476 e. The van der Waals surface area contributed by atoms with E-state index in [9.17, 15) is 4.79 Å². The summed E-state index contributed by atoms with van der Waals surface area (Å²) in [5.41, 5.74) is -0.0287. The van der Waals surface area contributed by atoms with Crippen LogP contribution in [0, 0.1) is 12.3 Å². The van der Waals surface area contributed by atoms with Gasteiger partial charge in [-0.25, -0.2) is 4.79 Å². The van der Waals surface area contributed by atoms with Gasteiger partial charge in [-0.3, -0.25) is 4.68 Å². The average molecular weight is 236 g/mol. The van der Waals surface area contributed by atoms with Crippen molar-refractivity contribution in [1.82, 2.24) is 20.3 Å². The van der Waals surface area contributed by atoms with Crippen molar-refractivity contribution in [1.29, 1.82) is 0 Å². The zero-order valence-electron chi connectivity index (χ0n) is 9.59. The number of aromatic nitrogens is 3. The summed E-state index contributed by atoms with van der Waals surface area (Å²) in [6.07, 6.45) is 9.43. The average Bonchev–Trinajstić information content (AvgIpc) is 2.77. The Morgan fingerprint density at radius 1 is 1.53 bits per heavy atom. The van der Waals surface area contributed by atoms with Crippen LogP contribution in [0.1, 0.15) is 29.8 Å². The zero-order valence-corrected chi connectivity index (χ0v) is 9.59. The second-order valence-corrected chi connectivity index (χ2v) is 3.58. The first-order valence-corrected chi connectivity index (χ1v) is 5.51. The van der Waals surface area contributed by atoms with Crippen LogP contribution in [0.15, 0.2) is 6.20 Å². The lowest BCUT2D eigenvalue weighted by Gasteiger charge is -2.03. The Labute approximate surface area is 100 Å². The maximum atomic E-state index is 10.5. The highest BCUT2D eigenvalue weighted by Gasteiger charge is 2.07. The van der Waals surface area contributed by atoms with Gasteiger partial charge in [-0.2, -0.15) is 0 Å². The Morgan fingerprint density at radius 3 is 3.00 bits per heavy atom. The van der Waals surface area contributed by atoms with Gasteiger partial charge in [0.05, 0.1) is 12.7 Å². The van der Waals surface area contributed by atoms with E-state index in [1.165, 1.54) is 10.9 Å². The van der Waals surface area contributed by atoms with Gasteiger partial charge in [0, 0.05) is 13.0 Å². The van der Waals surface area contributed by atoms with E-state index in [-0.39, 0.29) is 5.69 Å². The molecule has 6 heteroatoms. The van der Waals surface area contributed by atoms with Crippen molar-refractivity contribution in [3.63, 3.8) is 0 Å². The van der Waals surface area contributed by atoms with Crippen LogP contribution in [0.4, 0.5) is 0 Å². The topological polar surface area (TPSA) is 80.0 Å².